The summed E-state index contributed by atoms with van der Waals surface area (Å²) in [6, 6.07) is 39.4. The molecule has 0 aliphatic carbocycles. The molecule has 0 aromatic heterocycles. The fourth-order valence-electron chi connectivity index (χ4n) is 4.03. The van der Waals surface area contributed by atoms with Crippen LogP contribution in [0.2, 0.25) is 0 Å². The molecule has 0 bridgehead atoms. The van der Waals surface area contributed by atoms with E-state index in [4.69, 9.17) is 9.05 Å². The van der Waals surface area contributed by atoms with Gasteiger partial charge in [-0.2, -0.15) is 0 Å². The van der Waals surface area contributed by atoms with Crippen LogP contribution in [-0.2, 0) is 48.1 Å². The molecule has 0 saturated heterocycles. The van der Waals surface area contributed by atoms with Crippen molar-refractivity contribution in [3.8, 4) is 0 Å². The molecule has 184 valence electrons. The van der Waals surface area contributed by atoms with Gasteiger partial charge < -0.3 is 13.9 Å². The monoisotopic (exact) mass is 579 g/mol. The van der Waals surface area contributed by atoms with Crippen LogP contribution < -0.4 is 10.2 Å². The van der Waals surface area contributed by atoms with E-state index >= 15 is 0 Å². The second-order valence-corrected chi connectivity index (χ2v) is 9.23. The standard InChI is InChI=1S/C28H28NO4P.Ag/c30-34(31,33-23-24-13-5-1-6-14-24)32-22-21-29-28(25-15-7-2-8-16-25,26-17-9-3-10-18-26)27-19-11-4-12-20-27;/h1-20,29H,21-23H2,(H,30,31);/q;+1/p-1. The molecule has 1 atom stereocenters. The van der Waals surface area contributed by atoms with Crippen molar-refractivity contribution < 1.29 is 40.9 Å². The number of nitrogens with one attached hydrogen (secondary N) is 1. The zero-order valence-corrected chi connectivity index (χ0v) is 21.4. The molecule has 4 aromatic rings. The Hall–Kier alpha value is -2.31. The SMILES string of the molecule is O=P([O-])(OCCNC(c1ccccc1)(c1ccccc1)c1ccccc1)OCc1ccccc1.[Ag+]. The summed E-state index contributed by atoms with van der Waals surface area (Å²) in [7, 11) is -4.45. The van der Waals surface area contributed by atoms with Gasteiger partial charge in [0.2, 0.25) is 0 Å². The number of phosphoric acid groups is 1. The van der Waals surface area contributed by atoms with Crippen molar-refractivity contribution >= 4 is 7.82 Å². The van der Waals surface area contributed by atoms with Crippen LogP contribution in [0.25, 0.3) is 0 Å². The summed E-state index contributed by atoms with van der Waals surface area (Å²) in [5.41, 5.74) is 3.19. The third kappa shape index (κ3) is 7.11. The van der Waals surface area contributed by atoms with E-state index in [-0.39, 0.29) is 42.1 Å². The summed E-state index contributed by atoms with van der Waals surface area (Å²) in [5.74, 6) is 0. The Morgan fingerprint density at radius 1 is 0.657 bits per heavy atom. The van der Waals surface area contributed by atoms with Crippen LogP contribution >= 0.6 is 7.82 Å². The van der Waals surface area contributed by atoms with Gasteiger partial charge in [0.1, 0.15) is 0 Å². The summed E-state index contributed by atoms with van der Waals surface area (Å²) in [4.78, 5) is 12.3. The minimum Gasteiger partial charge on any atom is -0.756 e. The normalized spacial score (nSPS) is 12.9. The molecular weight excluding hydrogens is 553 g/mol. The quantitative estimate of drug-likeness (QED) is 0.113. The van der Waals surface area contributed by atoms with Crippen LogP contribution in [0.1, 0.15) is 22.3 Å². The van der Waals surface area contributed by atoms with E-state index in [1.54, 1.807) is 12.1 Å². The number of hydrogen-bond donors (Lipinski definition) is 1. The topological polar surface area (TPSA) is 70.6 Å². The van der Waals surface area contributed by atoms with E-state index < -0.39 is 13.4 Å². The fraction of sp³-hybridized carbons (Fsp3) is 0.143. The van der Waals surface area contributed by atoms with Crippen LogP contribution in [0.4, 0.5) is 0 Å². The molecule has 1 unspecified atom stereocenters. The van der Waals surface area contributed by atoms with Gasteiger partial charge in [0.25, 0.3) is 7.82 Å². The first-order valence-corrected chi connectivity index (χ1v) is 12.6. The summed E-state index contributed by atoms with van der Waals surface area (Å²) in [6.45, 7) is 0.153. The Bertz CT molecular complexity index is 1100. The second-order valence-electron chi connectivity index (χ2n) is 7.81. The van der Waals surface area contributed by atoms with Crippen molar-refractivity contribution in [1.82, 2.24) is 5.32 Å². The number of benzene rings is 4. The van der Waals surface area contributed by atoms with Crippen molar-refractivity contribution in [2.75, 3.05) is 13.2 Å². The second kappa shape index (κ2) is 13.1. The minimum absolute atomic E-state index is 0. The first-order valence-electron chi connectivity index (χ1n) is 11.2. The van der Waals surface area contributed by atoms with Gasteiger partial charge >= 0.3 is 22.4 Å². The van der Waals surface area contributed by atoms with Crippen molar-refractivity contribution in [3.05, 3.63) is 144 Å². The van der Waals surface area contributed by atoms with Crippen LogP contribution in [0.5, 0.6) is 0 Å². The molecule has 7 heteroatoms. The number of hydrogen-bond acceptors (Lipinski definition) is 5. The summed E-state index contributed by atoms with van der Waals surface area (Å²) < 4.78 is 22.5. The van der Waals surface area contributed by atoms with E-state index in [0.717, 1.165) is 22.3 Å². The van der Waals surface area contributed by atoms with Gasteiger partial charge in [-0.05, 0) is 22.3 Å². The zero-order valence-electron chi connectivity index (χ0n) is 19.1. The van der Waals surface area contributed by atoms with E-state index in [1.807, 2.05) is 72.8 Å². The Labute approximate surface area is 222 Å². The van der Waals surface area contributed by atoms with Gasteiger partial charge in [0.15, 0.2) is 0 Å². The molecule has 4 aromatic carbocycles. The molecule has 0 saturated carbocycles. The molecule has 0 spiro atoms. The average molecular weight is 580 g/mol. The molecule has 0 aliphatic heterocycles. The molecular formula is C28H27AgNO4P. The van der Waals surface area contributed by atoms with E-state index in [2.05, 4.69) is 41.7 Å². The Morgan fingerprint density at radius 3 is 1.49 bits per heavy atom. The fourth-order valence-corrected chi connectivity index (χ4v) is 4.73. The van der Waals surface area contributed by atoms with Crippen molar-refractivity contribution in [2.45, 2.75) is 12.1 Å². The zero-order chi connectivity index (χ0) is 23.7. The van der Waals surface area contributed by atoms with Crippen LogP contribution in [-0.4, -0.2) is 13.2 Å². The smallest absolute Gasteiger partial charge is 0.756 e. The van der Waals surface area contributed by atoms with Gasteiger partial charge in [-0.25, -0.2) is 0 Å². The van der Waals surface area contributed by atoms with Gasteiger partial charge in [0.05, 0.1) is 18.8 Å². The molecule has 0 fully saturated rings. The maximum Gasteiger partial charge on any atom is 1.00 e. The van der Waals surface area contributed by atoms with Gasteiger partial charge in [0, 0.05) is 6.54 Å². The molecule has 0 radical (unpaired) electrons. The van der Waals surface area contributed by atoms with Crippen molar-refractivity contribution in [2.24, 2.45) is 0 Å². The van der Waals surface area contributed by atoms with Crippen LogP contribution in [0.3, 0.4) is 0 Å². The summed E-state index contributed by atoms with van der Waals surface area (Å²) >= 11 is 0. The maximum atomic E-state index is 12.3. The van der Waals surface area contributed by atoms with Gasteiger partial charge in [-0.1, -0.05) is 121 Å². The third-order valence-corrected chi connectivity index (χ3v) is 6.54. The summed E-state index contributed by atoms with van der Waals surface area (Å²) in [5, 5.41) is 3.59. The molecule has 0 heterocycles. The Balaban J connectivity index is 0.00000342. The Morgan fingerprint density at radius 2 is 1.06 bits per heavy atom. The number of rotatable bonds is 11. The van der Waals surface area contributed by atoms with Crippen LogP contribution in [0, 0.1) is 0 Å². The van der Waals surface area contributed by atoms with Crippen molar-refractivity contribution in [3.63, 3.8) is 0 Å². The minimum atomic E-state index is -4.45. The summed E-state index contributed by atoms with van der Waals surface area (Å²) in [6.07, 6.45) is 0. The third-order valence-electron chi connectivity index (χ3n) is 5.59. The maximum absolute atomic E-state index is 12.3. The molecule has 5 nitrogen and oxygen atoms in total. The predicted molar refractivity (Wildman–Crippen MR) is 132 cm³/mol. The first-order chi connectivity index (χ1) is 16.6. The van der Waals surface area contributed by atoms with E-state index in [9.17, 15) is 9.46 Å². The van der Waals surface area contributed by atoms with Gasteiger partial charge in [-0.15, -0.1) is 0 Å². The van der Waals surface area contributed by atoms with Crippen LogP contribution in [0.15, 0.2) is 121 Å². The molecule has 1 N–H and O–H groups in total. The Kier molecular flexibility index (Phi) is 10.2. The molecule has 35 heavy (non-hydrogen) atoms. The van der Waals surface area contributed by atoms with Gasteiger partial charge in [-0.3, -0.25) is 9.88 Å². The molecule has 0 aliphatic rings. The van der Waals surface area contributed by atoms with E-state index in [1.165, 1.54) is 0 Å². The number of phosphoric ester groups is 1. The molecule has 4 rings (SSSR count). The largest absolute Gasteiger partial charge is 1.00 e. The predicted octanol–water partition coefficient (Wildman–Crippen LogP) is 5.27. The first kappa shape index (κ1) is 27.3. The molecule has 0 amide bonds. The average Bonchev–Trinajstić information content (AvgIpc) is 2.90. The van der Waals surface area contributed by atoms with E-state index in [0.29, 0.717) is 0 Å². The van der Waals surface area contributed by atoms with Crippen molar-refractivity contribution in [1.29, 1.82) is 0 Å².